The summed E-state index contributed by atoms with van der Waals surface area (Å²) in [5.74, 6) is 0. The Labute approximate surface area is 123 Å². The van der Waals surface area contributed by atoms with Gasteiger partial charge in [0.15, 0.2) is 0 Å². The van der Waals surface area contributed by atoms with E-state index in [-0.39, 0.29) is 0 Å². The molecule has 0 atom stereocenters. The molecule has 3 aromatic rings. The van der Waals surface area contributed by atoms with Crippen molar-refractivity contribution in [1.82, 2.24) is 5.32 Å². The van der Waals surface area contributed by atoms with Crippen LogP contribution in [-0.2, 0) is 6.54 Å². The zero-order chi connectivity index (χ0) is 13.6. The Bertz CT molecular complexity index is 698. The van der Waals surface area contributed by atoms with Crippen molar-refractivity contribution in [3.05, 3.63) is 77.2 Å². The van der Waals surface area contributed by atoms with Crippen molar-refractivity contribution in [2.45, 2.75) is 6.54 Å². The summed E-state index contributed by atoms with van der Waals surface area (Å²) < 4.78 is 1.36. The third kappa shape index (κ3) is 3.16. The normalized spacial score (nSPS) is 11.4. The summed E-state index contributed by atoms with van der Waals surface area (Å²) in [6, 6.07) is 19.1. The maximum atomic E-state index is 3.47. The zero-order valence-electron chi connectivity index (χ0n) is 11.3. The average Bonchev–Trinajstić information content (AvgIpc) is 2.97. The Balaban J connectivity index is 1.55. The van der Waals surface area contributed by atoms with Gasteiger partial charge >= 0.3 is 0 Å². The molecule has 0 saturated heterocycles. The van der Waals surface area contributed by atoms with Crippen LogP contribution >= 0.6 is 11.3 Å². The molecular formula is C18H17NS. The van der Waals surface area contributed by atoms with Gasteiger partial charge in [0, 0.05) is 17.8 Å². The number of benzene rings is 2. The van der Waals surface area contributed by atoms with Crippen molar-refractivity contribution >= 4 is 27.5 Å². The van der Waals surface area contributed by atoms with E-state index in [9.17, 15) is 0 Å². The highest BCUT2D eigenvalue weighted by molar-refractivity contribution is 7.17. The van der Waals surface area contributed by atoms with Gasteiger partial charge in [-0.2, -0.15) is 0 Å². The molecule has 1 N–H and O–H groups in total. The van der Waals surface area contributed by atoms with Crippen molar-refractivity contribution in [1.29, 1.82) is 0 Å². The van der Waals surface area contributed by atoms with Gasteiger partial charge in [-0.15, -0.1) is 11.3 Å². The lowest BCUT2D eigenvalue weighted by molar-refractivity contribution is 0.765. The van der Waals surface area contributed by atoms with E-state index in [2.05, 4.69) is 71.4 Å². The molecule has 2 heteroatoms. The first kappa shape index (κ1) is 13.1. The molecule has 0 saturated carbocycles. The summed E-state index contributed by atoms with van der Waals surface area (Å²) in [5.41, 5.74) is 2.62. The van der Waals surface area contributed by atoms with E-state index >= 15 is 0 Å². The zero-order valence-corrected chi connectivity index (χ0v) is 12.1. The maximum Gasteiger partial charge on any atom is 0.0345 e. The van der Waals surface area contributed by atoms with E-state index in [0.717, 1.165) is 13.1 Å². The van der Waals surface area contributed by atoms with Gasteiger partial charge in [0.1, 0.15) is 0 Å². The standard InChI is InChI=1S/C18H17NS/c1-2-6-15(7-3-1)8-5-12-19-14-16-9-4-10-18-17(16)11-13-20-18/h1-11,13,19H,12,14H2/b8-5+. The Morgan fingerprint density at radius 1 is 0.950 bits per heavy atom. The Hall–Kier alpha value is -1.90. The van der Waals surface area contributed by atoms with Gasteiger partial charge in [0.25, 0.3) is 0 Å². The van der Waals surface area contributed by atoms with E-state index in [1.165, 1.54) is 21.2 Å². The van der Waals surface area contributed by atoms with Crippen LogP contribution in [0.15, 0.2) is 66.1 Å². The Kier molecular flexibility index (Phi) is 4.26. The van der Waals surface area contributed by atoms with Gasteiger partial charge in [-0.25, -0.2) is 0 Å². The quantitative estimate of drug-likeness (QED) is 0.667. The molecular weight excluding hydrogens is 262 g/mol. The first-order chi connectivity index (χ1) is 9.93. The van der Waals surface area contributed by atoms with Gasteiger partial charge in [-0.1, -0.05) is 54.6 Å². The van der Waals surface area contributed by atoms with Crippen molar-refractivity contribution in [2.75, 3.05) is 6.54 Å². The van der Waals surface area contributed by atoms with Crippen LogP contribution in [0.2, 0.25) is 0 Å². The van der Waals surface area contributed by atoms with Gasteiger partial charge < -0.3 is 5.32 Å². The SMILES string of the molecule is C(=C\c1ccccc1)/CNCc1cccc2sccc12. The number of hydrogen-bond acceptors (Lipinski definition) is 2. The van der Waals surface area contributed by atoms with Crippen LogP contribution in [0.4, 0.5) is 0 Å². The number of hydrogen-bond donors (Lipinski definition) is 1. The molecule has 20 heavy (non-hydrogen) atoms. The van der Waals surface area contributed by atoms with E-state index in [1.807, 2.05) is 6.07 Å². The van der Waals surface area contributed by atoms with Crippen molar-refractivity contribution in [2.24, 2.45) is 0 Å². The van der Waals surface area contributed by atoms with Gasteiger partial charge in [-0.3, -0.25) is 0 Å². The molecule has 0 aliphatic rings. The molecule has 0 bridgehead atoms. The lowest BCUT2D eigenvalue weighted by Crippen LogP contribution is -2.12. The Morgan fingerprint density at radius 3 is 2.75 bits per heavy atom. The third-order valence-electron chi connectivity index (χ3n) is 3.27. The highest BCUT2D eigenvalue weighted by Crippen LogP contribution is 2.23. The summed E-state index contributed by atoms with van der Waals surface area (Å²) >= 11 is 1.80. The summed E-state index contributed by atoms with van der Waals surface area (Å²) in [7, 11) is 0. The largest absolute Gasteiger partial charge is 0.309 e. The molecule has 1 heterocycles. The lowest BCUT2D eigenvalue weighted by atomic mass is 10.1. The summed E-state index contributed by atoms with van der Waals surface area (Å²) in [6.07, 6.45) is 4.32. The highest BCUT2D eigenvalue weighted by Gasteiger charge is 2.00. The molecule has 1 nitrogen and oxygen atoms in total. The van der Waals surface area contributed by atoms with Crippen molar-refractivity contribution in [3.63, 3.8) is 0 Å². The molecule has 0 aliphatic heterocycles. The number of rotatable bonds is 5. The minimum Gasteiger partial charge on any atom is -0.309 e. The highest BCUT2D eigenvalue weighted by atomic mass is 32.1. The second kappa shape index (κ2) is 6.51. The second-order valence-corrected chi connectivity index (χ2v) is 5.64. The first-order valence-corrected chi connectivity index (χ1v) is 7.69. The fraction of sp³-hybridized carbons (Fsp3) is 0.111. The van der Waals surface area contributed by atoms with Gasteiger partial charge in [-0.05, 0) is 34.0 Å². The topological polar surface area (TPSA) is 12.0 Å². The third-order valence-corrected chi connectivity index (χ3v) is 4.16. The number of nitrogens with one attached hydrogen (secondary N) is 1. The van der Waals surface area contributed by atoms with Crippen molar-refractivity contribution in [3.8, 4) is 0 Å². The van der Waals surface area contributed by atoms with Crippen LogP contribution in [0.5, 0.6) is 0 Å². The van der Waals surface area contributed by atoms with E-state index in [4.69, 9.17) is 0 Å². The minimum absolute atomic E-state index is 0.884. The van der Waals surface area contributed by atoms with Gasteiger partial charge in [0.05, 0.1) is 0 Å². The average molecular weight is 279 g/mol. The second-order valence-electron chi connectivity index (χ2n) is 4.69. The van der Waals surface area contributed by atoms with Crippen LogP contribution in [0, 0.1) is 0 Å². The molecule has 0 unspecified atom stereocenters. The predicted octanol–water partition coefficient (Wildman–Crippen LogP) is 4.70. The van der Waals surface area contributed by atoms with E-state index in [1.54, 1.807) is 11.3 Å². The maximum absolute atomic E-state index is 3.47. The fourth-order valence-electron chi connectivity index (χ4n) is 2.26. The molecule has 100 valence electrons. The number of thiophene rings is 1. The molecule has 0 aliphatic carbocycles. The van der Waals surface area contributed by atoms with Crippen LogP contribution in [0.25, 0.3) is 16.2 Å². The molecule has 3 rings (SSSR count). The Morgan fingerprint density at radius 2 is 1.85 bits per heavy atom. The minimum atomic E-state index is 0.884. The summed E-state index contributed by atoms with van der Waals surface area (Å²) in [6.45, 7) is 1.79. The lowest BCUT2D eigenvalue weighted by Gasteiger charge is -2.04. The molecule has 0 radical (unpaired) electrons. The van der Waals surface area contributed by atoms with Crippen molar-refractivity contribution < 1.29 is 0 Å². The van der Waals surface area contributed by atoms with Crippen LogP contribution in [-0.4, -0.2) is 6.54 Å². The fourth-order valence-corrected chi connectivity index (χ4v) is 3.09. The van der Waals surface area contributed by atoms with E-state index in [0.29, 0.717) is 0 Å². The summed E-state index contributed by atoms with van der Waals surface area (Å²) in [4.78, 5) is 0. The summed E-state index contributed by atoms with van der Waals surface area (Å²) in [5, 5.41) is 7.00. The van der Waals surface area contributed by atoms with Crippen LogP contribution in [0.1, 0.15) is 11.1 Å². The first-order valence-electron chi connectivity index (χ1n) is 6.81. The number of fused-ring (bicyclic) bond motifs is 1. The molecule has 0 spiro atoms. The monoisotopic (exact) mass is 279 g/mol. The van der Waals surface area contributed by atoms with Crippen LogP contribution in [0.3, 0.4) is 0 Å². The van der Waals surface area contributed by atoms with E-state index < -0.39 is 0 Å². The molecule has 2 aromatic carbocycles. The predicted molar refractivity (Wildman–Crippen MR) is 89.0 cm³/mol. The molecule has 1 aromatic heterocycles. The molecule has 0 fully saturated rings. The smallest absolute Gasteiger partial charge is 0.0345 e. The molecule has 0 amide bonds. The van der Waals surface area contributed by atoms with Gasteiger partial charge in [0.2, 0.25) is 0 Å². The van der Waals surface area contributed by atoms with Crippen LogP contribution < -0.4 is 5.32 Å².